The molecule has 98 valence electrons. The quantitative estimate of drug-likeness (QED) is 0.804. The molecule has 18 heavy (non-hydrogen) atoms. The lowest BCUT2D eigenvalue weighted by Crippen LogP contribution is -2.40. The van der Waals surface area contributed by atoms with E-state index in [4.69, 9.17) is 5.73 Å². The first-order valence-electron chi connectivity index (χ1n) is 5.89. The molecular weight excluding hydrogens is 242 g/mol. The summed E-state index contributed by atoms with van der Waals surface area (Å²) in [4.78, 5) is 13.2. The van der Waals surface area contributed by atoms with Gasteiger partial charge in [-0.25, -0.2) is 13.5 Å². The third-order valence-corrected chi connectivity index (χ3v) is 3.60. The van der Waals surface area contributed by atoms with Gasteiger partial charge < -0.3 is 5.73 Å². The Morgan fingerprint density at radius 2 is 2.22 bits per heavy atom. The molecule has 1 amide bonds. The minimum Gasteiger partial charge on any atom is -0.320 e. The number of carbonyl (C=O) groups excluding carboxylic acids is 1. The number of likely N-dealkylation sites (N-methyl/N-ethyl adjacent to an activating group) is 1. The molecule has 1 aromatic rings. The van der Waals surface area contributed by atoms with Crippen LogP contribution in [0.1, 0.15) is 24.5 Å². The van der Waals surface area contributed by atoms with Crippen molar-refractivity contribution in [2.45, 2.75) is 37.3 Å². The van der Waals surface area contributed by atoms with Crippen molar-refractivity contribution in [1.82, 2.24) is 9.78 Å². The van der Waals surface area contributed by atoms with Crippen molar-refractivity contribution in [2.24, 2.45) is 5.73 Å². The van der Waals surface area contributed by atoms with Gasteiger partial charge in [0, 0.05) is 26.1 Å². The molecule has 0 bridgehead atoms. The van der Waals surface area contributed by atoms with Gasteiger partial charge in [0.25, 0.3) is 5.92 Å². The highest BCUT2D eigenvalue weighted by Crippen LogP contribution is 2.55. The number of rotatable bonds is 1. The number of nitrogens with two attached hydrogens (primary N) is 1. The second-order valence-corrected chi connectivity index (χ2v) is 4.96. The molecule has 0 radical (unpaired) electrons. The highest BCUT2D eigenvalue weighted by atomic mass is 19.3. The maximum absolute atomic E-state index is 13.0. The van der Waals surface area contributed by atoms with Gasteiger partial charge in [-0.2, -0.15) is 5.10 Å². The smallest absolute Gasteiger partial charge is 0.257 e. The molecule has 2 N–H and O–H groups in total. The average molecular weight is 256 g/mol. The van der Waals surface area contributed by atoms with Crippen LogP contribution < -0.4 is 10.6 Å². The zero-order valence-electron chi connectivity index (χ0n) is 9.94. The van der Waals surface area contributed by atoms with Crippen molar-refractivity contribution < 1.29 is 13.6 Å². The van der Waals surface area contributed by atoms with E-state index in [9.17, 15) is 13.6 Å². The molecule has 1 aromatic heterocycles. The van der Waals surface area contributed by atoms with Crippen LogP contribution in [0.25, 0.3) is 0 Å². The van der Waals surface area contributed by atoms with Gasteiger partial charge in [0.05, 0.1) is 17.7 Å². The Balaban J connectivity index is 1.94. The number of fused-ring (bicyclic) bond motifs is 1. The monoisotopic (exact) mass is 256 g/mol. The number of hydrogen-bond donors (Lipinski definition) is 1. The van der Waals surface area contributed by atoms with Crippen molar-refractivity contribution in [1.29, 1.82) is 0 Å². The van der Waals surface area contributed by atoms with Crippen molar-refractivity contribution in [3.8, 4) is 0 Å². The van der Waals surface area contributed by atoms with Crippen LogP contribution in [0.15, 0.2) is 6.07 Å². The third-order valence-electron chi connectivity index (χ3n) is 3.60. The zero-order chi connectivity index (χ0) is 13.1. The highest BCUT2D eigenvalue weighted by Gasteiger charge is 2.59. The first-order valence-corrected chi connectivity index (χ1v) is 5.89. The fourth-order valence-electron chi connectivity index (χ4n) is 2.31. The minimum atomic E-state index is -2.64. The summed E-state index contributed by atoms with van der Waals surface area (Å²) >= 11 is 0. The summed E-state index contributed by atoms with van der Waals surface area (Å²) in [5.41, 5.74) is 6.07. The summed E-state index contributed by atoms with van der Waals surface area (Å²) < 4.78 is 27.6. The number of alkyl halides is 2. The molecule has 0 spiro atoms. The fraction of sp³-hybridized carbons (Fsp3) is 0.636. The molecule has 3 rings (SSSR count). The Labute approximate surface area is 103 Å². The summed E-state index contributed by atoms with van der Waals surface area (Å²) in [6.07, 6.45) is 0.318. The number of anilines is 1. The van der Waals surface area contributed by atoms with Crippen LogP contribution in [0.2, 0.25) is 0 Å². The average Bonchev–Trinajstić information content (AvgIpc) is 2.81. The summed E-state index contributed by atoms with van der Waals surface area (Å²) in [6.45, 7) is 0.477. The van der Waals surface area contributed by atoms with Gasteiger partial charge in [-0.3, -0.25) is 9.69 Å². The summed E-state index contributed by atoms with van der Waals surface area (Å²) in [7, 11) is 1.59. The normalized spacial score (nSPS) is 30.0. The summed E-state index contributed by atoms with van der Waals surface area (Å²) in [5.74, 6) is -3.10. The maximum Gasteiger partial charge on any atom is 0.257 e. The van der Waals surface area contributed by atoms with Gasteiger partial charge in [0.1, 0.15) is 5.82 Å². The van der Waals surface area contributed by atoms with Crippen LogP contribution in [-0.2, 0) is 11.3 Å². The molecule has 0 saturated heterocycles. The third kappa shape index (κ3) is 1.61. The van der Waals surface area contributed by atoms with E-state index in [1.54, 1.807) is 17.8 Å². The van der Waals surface area contributed by atoms with Crippen LogP contribution in [0.5, 0.6) is 0 Å². The van der Waals surface area contributed by atoms with Crippen LogP contribution in [0.3, 0.4) is 0 Å². The SMILES string of the molecule is CN1C(=O)[C@@H](N)CCn2nc([C@@H]3CC3(F)F)cc21. The zero-order valence-corrected chi connectivity index (χ0v) is 9.94. The van der Waals surface area contributed by atoms with E-state index in [-0.39, 0.29) is 12.3 Å². The molecule has 5 nitrogen and oxygen atoms in total. The molecule has 0 unspecified atom stereocenters. The first kappa shape index (κ1) is 11.6. The van der Waals surface area contributed by atoms with Crippen LogP contribution in [0, 0.1) is 0 Å². The molecular formula is C11H14F2N4O. The number of aromatic nitrogens is 2. The predicted octanol–water partition coefficient (Wildman–Crippen LogP) is 0.699. The van der Waals surface area contributed by atoms with Gasteiger partial charge in [-0.15, -0.1) is 0 Å². The lowest BCUT2D eigenvalue weighted by molar-refractivity contribution is -0.119. The van der Waals surface area contributed by atoms with E-state index in [2.05, 4.69) is 5.10 Å². The van der Waals surface area contributed by atoms with Gasteiger partial charge >= 0.3 is 0 Å². The number of hydrogen-bond acceptors (Lipinski definition) is 3. The van der Waals surface area contributed by atoms with E-state index in [0.29, 0.717) is 24.5 Å². The molecule has 7 heteroatoms. The van der Waals surface area contributed by atoms with Gasteiger partial charge in [-0.1, -0.05) is 0 Å². The van der Waals surface area contributed by atoms with Crippen molar-refractivity contribution in [3.63, 3.8) is 0 Å². The van der Waals surface area contributed by atoms with E-state index in [1.165, 1.54) is 4.90 Å². The van der Waals surface area contributed by atoms with Gasteiger partial charge in [0.15, 0.2) is 0 Å². The second kappa shape index (κ2) is 3.50. The van der Waals surface area contributed by atoms with Crippen molar-refractivity contribution in [2.75, 3.05) is 11.9 Å². The number of halogens is 2. The predicted molar refractivity (Wildman–Crippen MR) is 60.5 cm³/mol. The van der Waals surface area contributed by atoms with Crippen LogP contribution in [-0.4, -0.2) is 34.7 Å². The molecule has 1 fully saturated rings. The molecule has 2 atom stereocenters. The Morgan fingerprint density at radius 3 is 2.83 bits per heavy atom. The second-order valence-electron chi connectivity index (χ2n) is 4.96. The molecule has 1 saturated carbocycles. The maximum atomic E-state index is 13.0. The first-order chi connectivity index (χ1) is 8.40. The molecule has 2 aliphatic rings. The van der Waals surface area contributed by atoms with Crippen molar-refractivity contribution >= 4 is 11.7 Å². The number of amides is 1. The van der Waals surface area contributed by atoms with Crippen LogP contribution in [0.4, 0.5) is 14.6 Å². The van der Waals surface area contributed by atoms with Crippen molar-refractivity contribution in [3.05, 3.63) is 11.8 Å². The fourth-order valence-corrected chi connectivity index (χ4v) is 2.31. The molecule has 0 aromatic carbocycles. The highest BCUT2D eigenvalue weighted by molar-refractivity contribution is 5.96. The Hall–Kier alpha value is -1.50. The lowest BCUT2D eigenvalue weighted by atomic mass is 10.2. The number of nitrogens with zero attached hydrogens (tertiary/aromatic N) is 3. The number of aryl methyl sites for hydroxylation is 1. The Kier molecular flexibility index (Phi) is 2.25. The lowest BCUT2D eigenvalue weighted by Gasteiger charge is -2.16. The van der Waals surface area contributed by atoms with E-state index in [0.717, 1.165) is 0 Å². The van der Waals surface area contributed by atoms with E-state index < -0.39 is 17.9 Å². The summed E-state index contributed by atoms with van der Waals surface area (Å²) in [6, 6.07) is 1.02. The Bertz CT molecular complexity index is 513. The van der Waals surface area contributed by atoms with Gasteiger partial charge in [-0.05, 0) is 6.42 Å². The molecule has 1 aliphatic heterocycles. The van der Waals surface area contributed by atoms with E-state index in [1.807, 2.05) is 0 Å². The number of carbonyl (C=O) groups is 1. The molecule has 1 aliphatic carbocycles. The largest absolute Gasteiger partial charge is 0.320 e. The van der Waals surface area contributed by atoms with E-state index >= 15 is 0 Å². The standard InChI is InChI=1S/C11H14F2N4O/c1-16-9-4-8(6-5-11(6,12)13)15-17(9)3-2-7(14)10(16)18/h4,6-7H,2-3,5,14H2,1H3/t6-,7-/m0/s1. The van der Waals surface area contributed by atoms with Crippen LogP contribution >= 0.6 is 0 Å². The summed E-state index contributed by atoms with van der Waals surface area (Å²) in [5, 5.41) is 4.17. The van der Waals surface area contributed by atoms with Gasteiger partial charge in [0.2, 0.25) is 5.91 Å². The Morgan fingerprint density at radius 1 is 1.56 bits per heavy atom. The molecule has 2 heterocycles. The minimum absolute atomic E-state index is 0.152. The topological polar surface area (TPSA) is 64.2 Å².